The standard InChI is InChI=1S/C14H19NO4S/c1-8-7-11(10(3)20-8)12(16)5-6-13(17)15(4)9(2)14(18)19/h7,9H,5-6H2,1-4H3,(H,18,19). The zero-order valence-corrected chi connectivity index (χ0v) is 12.9. The van der Waals surface area contributed by atoms with Crippen LogP contribution in [0.4, 0.5) is 0 Å². The van der Waals surface area contributed by atoms with E-state index in [1.54, 1.807) is 11.3 Å². The Kier molecular flexibility index (Phi) is 5.44. The molecule has 110 valence electrons. The van der Waals surface area contributed by atoms with Crippen molar-refractivity contribution in [3.63, 3.8) is 0 Å². The molecule has 1 aromatic rings. The van der Waals surface area contributed by atoms with Crippen molar-refractivity contribution in [2.45, 2.75) is 39.7 Å². The third-order valence-corrected chi connectivity index (χ3v) is 4.20. The van der Waals surface area contributed by atoms with E-state index in [1.165, 1.54) is 14.0 Å². The van der Waals surface area contributed by atoms with Crippen LogP contribution in [0.25, 0.3) is 0 Å². The van der Waals surface area contributed by atoms with Crippen molar-refractivity contribution >= 4 is 29.0 Å². The number of aliphatic carboxylic acids is 1. The predicted octanol–water partition coefficient (Wildman–Crippen LogP) is 2.26. The average molecular weight is 297 g/mol. The third-order valence-electron chi connectivity index (χ3n) is 3.24. The fraction of sp³-hybridized carbons (Fsp3) is 0.500. The summed E-state index contributed by atoms with van der Waals surface area (Å²) in [5, 5.41) is 8.84. The molecule has 0 bridgehead atoms. The predicted molar refractivity (Wildman–Crippen MR) is 77.2 cm³/mol. The van der Waals surface area contributed by atoms with Crippen molar-refractivity contribution in [2.75, 3.05) is 7.05 Å². The van der Waals surface area contributed by atoms with Gasteiger partial charge in [0.1, 0.15) is 6.04 Å². The molecule has 1 rings (SSSR count). The number of carbonyl (C=O) groups excluding carboxylic acids is 2. The number of ketones is 1. The lowest BCUT2D eigenvalue weighted by atomic mass is 10.1. The molecule has 1 N–H and O–H groups in total. The highest BCUT2D eigenvalue weighted by atomic mass is 32.1. The summed E-state index contributed by atoms with van der Waals surface area (Å²) < 4.78 is 0. The number of aryl methyl sites for hydroxylation is 2. The molecular formula is C14H19NO4S. The zero-order chi connectivity index (χ0) is 15.4. The molecule has 20 heavy (non-hydrogen) atoms. The van der Waals surface area contributed by atoms with E-state index in [2.05, 4.69) is 0 Å². The molecule has 5 nitrogen and oxygen atoms in total. The summed E-state index contributed by atoms with van der Waals surface area (Å²) in [5.74, 6) is -1.47. The van der Waals surface area contributed by atoms with Crippen molar-refractivity contribution in [3.05, 3.63) is 21.4 Å². The lowest BCUT2D eigenvalue weighted by Crippen LogP contribution is -2.40. The number of hydrogen-bond acceptors (Lipinski definition) is 4. The van der Waals surface area contributed by atoms with Gasteiger partial charge in [0.2, 0.25) is 5.91 Å². The summed E-state index contributed by atoms with van der Waals surface area (Å²) in [4.78, 5) is 37.8. The van der Waals surface area contributed by atoms with E-state index < -0.39 is 12.0 Å². The van der Waals surface area contributed by atoms with Crippen LogP contribution in [0.1, 0.15) is 39.9 Å². The second kappa shape index (κ2) is 6.65. The van der Waals surface area contributed by atoms with E-state index in [4.69, 9.17) is 5.11 Å². The summed E-state index contributed by atoms with van der Waals surface area (Å²) in [6.45, 7) is 5.25. The minimum Gasteiger partial charge on any atom is -0.480 e. The quantitative estimate of drug-likeness (QED) is 0.817. The summed E-state index contributed by atoms with van der Waals surface area (Å²) in [6, 6.07) is 0.943. The summed E-state index contributed by atoms with van der Waals surface area (Å²) in [6.07, 6.45) is 0.133. The van der Waals surface area contributed by atoms with Gasteiger partial charge in [-0.2, -0.15) is 0 Å². The largest absolute Gasteiger partial charge is 0.480 e. The fourth-order valence-corrected chi connectivity index (χ4v) is 2.76. The minimum absolute atomic E-state index is 0.0291. The van der Waals surface area contributed by atoms with E-state index in [9.17, 15) is 14.4 Å². The van der Waals surface area contributed by atoms with Gasteiger partial charge in [0.05, 0.1) is 0 Å². The van der Waals surface area contributed by atoms with Gasteiger partial charge in [-0.1, -0.05) is 0 Å². The maximum atomic E-state index is 12.0. The molecule has 0 radical (unpaired) electrons. The number of Topliss-reactive ketones (excluding diaryl/α,β-unsaturated/α-hetero) is 1. The van der Waals surface area contributed by atoms with Crippen LogP contribution < -0.4 is 0 Å². The van der Waals surface area contributed by atoms with Gasteiger partial charge >= 0.3 is 5.97 Å². The van der Waals surface area contributed by atoms with Crippen LogP contribution in [-0.4, -0.2) is 40.8 Å². The molecule has 0 aromatic carbocycles. The van der Waals surface area contributed by atoms with Crippen molar-refractivity contribution in [1.82, 2.24) is 4.90 Å². The lowest BCUT2D eigenvalue weighted by molar-refractivity contribution is -0.148. The number of amides is 1. The lowest BCUT2D eigenvalue weighted by Gasteiger charge is -2.21. The Morgan fingerprint density at radius 1 is 1.30 bits per heavy atom. The second-order valence-electron chi connectivity index (χ2n) is 4.77. The molecule has 1 heterocycles. The molecule has 0 aliphatic carbocycles. The molecule has 1 unspecified atom stereocenters. The highest BCUT2D eigenvalue weighted by Gasteiger charge is 2.22. The molecule has 0 fully saturated rings. The number of carbonyl (C=O) groups is 3. The highest BCUT2D eigenvalue weighted by molar-refractivity contribution is 7.12. The van der Waals surface area contributed by atoms with Gasteiger partial charge in [-0.3, -0.25) is 9.59 Å². The molecule has 0 aliphatic heterocycles. The van der Waals surface area contributed by atoms with Gasteiger partial charge in [-0.25, -0.2) is 4.79 Å². The Bertz CT molecular complexity index is 535. The molecule has 0 saturated carbocycles. The van der Waals surface area contributed by atoms with Gasteiger partial charge in [-0.15, -0.1) is 11.3 Å². The molecule has 0 saturated heterocycles. The second-order valence-corrected chi connectivity index (χ2v) is 6.23. The Morgan fingerprint density at radius 2 is 1.90 bits per heavy atom. The minimum atomic E-state index is -1.06. The Hall–Kier alpha value is -1.69. The van der Waals surface area contributed by atoms with E-state index in [0.717, 1.165) is 14.7 Å². The zero-order valence-electron chi connectivity index (χ0n) is 12.1. The van der Waals surface area contributed by atoms with Gasteiger partial charge in [0.25, 0.3) is 0 Å². The van der Waals surface area contributed by atoms with Crippen molar-refractivity contribution in [1.29, 1.82) is 0 Å². The van der Waals surface area contributed by atoms with Crippen LogP contribution in [0.3, 0.4) is 0 Å². The first-order valence-corrected chi connectivity index (χ1v) is 7.14. The van der Waals surface area contributed by atoms with Gasteiger partial charge < -0.3 is 10.0 Å². The summed E-state index contributed by atoms with van der Waals surface area (Å²) in [5.41, 5.74) is 0.661. The van der Waals surface area contributed by atoms with E-state index in [1.807, 2.05) is 19.9 Å². The molecule has 1 amide bonds. The maximum absolute atomic E-state index is 12.0. The Balaban J connectivity index is 2.59. The number of nitrogens with zero attached hydrogens (tertiary/aromatic N) is 1. The maximum Gasteiger partial charge on any atom is 0.326 e. The molecule has 6 heteroatoms. The van der Waals surface area contributed by atoms with Crippen molar-refractivity contribution in [2.24, 2.45) is 0 Å². The normalized spacial score (nSPS) is 12.0. The van der Waals surface area contributed by atoms with Crippen LogP contribution in [0.2, 0.25) is 0 Å². The monoisotopic (exact) mass is 297 g/mol. The molecule has 1 aromatic heterocycles. The first-order chi connectivity index (χ1) is 9.23. The van der Waals surface area contributed by atoms with Crippen LogP contribution in [0.15, 0.2) is 6.07 Å². The van der Waals surface area contributed by atoms with Crippen LogP contribution in [0, 0.1) is 13.8 Å². The Morgan fingerprint density at radius 3 is 2.35 bits per heavy atom. The molecule has 0 spiro atoms. The highest BCUT2D eigenvalue weighted by Crippen LogP contribution is 2.22. The number of likely N-dealkylation sites (N-methyl/N-ethyl adjacent to an activating group) is 1. The summed E-state index contributed by atoms with van der Waals surface area (Å²) >= 11 is 1.55. The van der Waals surface area contributed by atoms with E-state index in [0.29, 0.717) is 5.56 Å². The van der Waals surface area contributed by atoms with E-state index >= 15 is 0 Å². The van der Waals surface area contributed by atoms with Gasteiger partial charge in [-0.05, 0) is 26.8 Å². The van der Waals surface area contributed by atoms with Crippen molar-refractivity contribution < 1.29 is 19.5 Å². The first kappa shape index (κ1) is 16.4. The number of hydrogen-bond donors (Lipinski definition) is 1. The van der Waals surface area contributed by atoms with Crippen LogP contribution >= 0.6 is 11.3 Å². The fourth-order valence-electron chi connectivity index (χ4n) is 1.82. The SMILES string of the molecule is Cc1cc(C(=O)CCC(=O)N(C)C(C)C(=O)O)c(C)s1. The summed E-state index contributed by atoms with van der Waals surface area (Å²) in [7, 11) is 1.44. The van der Waals surface area contributed by atoms with Crippen LogP contribution in [-0.2, 0) is 9.59 Å². The van der Waals surface area contributed by atoms with E-state index in [-0.39, 0.29) is 24.5 Å². The molecular weight excluding hydrogens is 278 g/mol. The number of thiophene rings is 1. The number of carboxylic acid groups (broad SMARTS) is 1. The topological polar surface area (TPSA) is 74.7 Å². The van der Waals surface area contributed by atoms with Crippen molar-refractivity contribution in [3.8, 4) is 0 Å². The third kappa shape index (κ3) is 3.90. The average Bonchev–Trinajstić information content (AvgIpc) is 2.72. The Labute approximate surface area is 122 Å². The number of rotatable bonds is 6. The number of carboxylic acids is 1. The molecule has 0 aliphatic rings. The van der Waals surface area contributed by atoms with Crippen LogP contribution in [0.5, 0.6) is 0 Å². The molecule has 1 atom stereocenters. The van der Waals surface area contributed by atoms with Gasteiger partial charge in [0, 0.05) is 35.2 Å². The van der Waals surface area contributed by atoms with Gasteiger partial charge in [0.15, 0.2) is 5.78 Å². The smallest absolute Gasteiger partial charge is 0.326 e. The first-order valence-electron chi connectivity index (χ1n) is 6.32.